The molecule has 0 spiro atoms. The van der Waals surface area contributed by atoms with Crippen LogP contribution in [0.5, 0.6) is 0 Å². The molecule has 0 saturated heterocycles. The van der Waals surface area contributed by atoms with Crippen molar-refractivity contribution in [1.29, 1.82) is 5.26 Å². The minimum Gasteiger partial charge on any atom is -0.365 e. The highest BCUT2D eigenvalue weighted by atomic mass is 79.9. The molecule has 1 atom stereocenters. The van der Waals surface area contributed by atoms with Crippen LogP contribution in [0.2, 0.25) is 0 Å². The molecule has 2 nitrogen and oxygen atoms in total. The third-order valence-corrected chi connectivity index (χ3v) is 4.20. The van der Waals surface area contributed by atoms with Gasteiger partial charge >= 0.3 is 0 Å². The summed E-state index contributed by atoms with van der Waals surface area (Å²) in [7, 11) is 0. The standard InChI is InChI=1S/C13H11BrN2S/c1-9-4-2-3-5-11(9)16-12(7-15)13-6-10(14)8-17-13/h2-6,8,12,16H,1H3. The summed E-state index contributed by atoms with van der Waals surface area (Å²) in [5.74, 6) is 0. The molecular weight excluding hydrogens is 296 g/mol. The average Bonchev–Trinajstić information content (AvgIpc) is 2.75. The number of aryl methyl sites for hydroxylation is 1. The van der Waals surface area contributed by atoms with Gasteiger partial charge < -0.3 is 5.32 Å². The third-order valence-electron chi connectivity index (χ3n) is 2.45. The molecule has 1 aromatic heterocycles. The molecule has 2 rings (SSSR count). The topological polar surface area (TPSA) is 35.8 Å². The minimum absolute atomic E-state index is 0.299. The zero-order valence-corrected chi connectivity index (χ0v) is 11.7. The summed E-state index contributed by atoms with van der Waals surface area (Å²) in [6.45, 7) is 2.03. The number of nitrogens with one attached hydrogen (secondary N) is 1. The van der Waals surface area contributed by atoms with E-state index in [1.54, 1.807) is 11.3 Å². The molecule has 1 heterocycles. The van der Waals surface area contributed by atoms with Crippen molar-refractivity contribution in [3.8, 4) is 6.07 Å². The second kappa shape index (κ2) is 5.35. The Bertz CT molecular complexity index is 557. The number of nitrogens with zero attached hydrogens (tertiary/aromatic N) is 1. The molecule has 1 aromatic carbocycles. The summed E-state index contributed by atoms with van der Waals surface area (Å²) in [5, 5.41) is 14.5. The van der Waals surface area contributed by atoms with Gasteiger partial charge in [0.25, 0.3) is 0 Å². The van der Waals surface area contributed by atoms with Crippen LogP contribution in [0, 0.1) is 18.3 Å². The van der Waals surface area contributed by atoms with Crippen LogP contribution in [0.15, 0.2) is 40.2 Å². The predicted molar refractivity (Wildman–Crippen MR) is 75.2 cm³/mol. The molecule has 86 valence electrons. The summed E-state index contributed by atoms with van der Waals surface area (Å²) in [5.41, 5.74) is 2.15. The molecule has 0 amide bonds. The van der Waals surface area contributed by atoms with Gasteiger partial charge in [-0.05, 0) is 40.5 Å². The number of benzene rings is 1. The highest BCUT2D eigenvalue weighted by molar-refractivity contribution is 9.10. The first kappa shape index (κ1) is 12.2. The van der Waals surface area contributed by atoms with Crippen LogP contribution >= 0.6 is 27.3 Å². The lowest BCUT2D eigenvalue weighted by atomic mass is 10.1. The zero-order valence-electron chi connectivity index (χ0n) is 9.27. The first-order chi connectivity index (χ1) is 8.20. The van der Waals surface area contributed by atoms with Gasteiger partial charge in [-0.25, -0.2) is 0 Å². The van der Waals surface area contributed by atoms with Crippen LogP contribution in [-0.2, 0) is 0 Å². The molecule has 0 radical (unpaired) electrons. The van der Waals surface area contributed by atoms with E-state index in [2.05, 4.69) is 27.3 Å². The van der Waals surface area contributed by atoms with Gasteiger partial charge in [-0.2, -0.15) is 5.26 Å². The number of halogens is 1. The van der Waals surface area contributed by atoms with Crippen molar-refractivity contribution in [2.24, 2.45) is 0 Å². The molecule has 1 N–H and O–H groups in total. The Morgan fingerprint density at radius 3 is 2.76 bits per heavy atom. The molecule has 0 aliphatic heterocycles. The maximum absolute atomic E-state index is 9.22. The molecular formula is C13H11BrN2S. The van der Waals surface area contributed by atoms with Crippen LogP contribution < -0.4 is 5.32 Å². The van der Waals surface area contributed by atoms with Gasteiger partial charge in [-0.3, -0.25) is 0 Å². The SMILES string of the molecule is Cc1ccccc1NC(C#N)c1cc(Br)cs1. The smallest absolute Gasteiger partial charge is 0.149 e. The van der Waals surface area contributed by atoms with Crippen molar-refractivity contribution in [3.05, 3.63) is 50.6 Å². The molecule has 0 aliphatic carbocycles. The lowest BCUT2D eigenvalue weighted by Crippen LogP contribution is -2.07. The van der Waals surface area contributed by atoms with Gasteiger partial charge in [-0.15, -0.1) is 11.3 Å². The fourth-order valence-corrected chi connectivity index (χ4v) is 2.97. The van der Waals surface area contributed by atoms with Gasteiger partial charge in [0, 0.05) is 20.4 Å². The first-order valence-corrected chi connectivity index (χ1v) is 6.83. The van der Waals surface area contributed by atoms with Crippen LogP contribution in [0.4, 0.5) is 5.69 Å². The number of rotatable bonds is 3. The van der Waals surface area contributed by atoms with E-state index in [1.165, 1.54) is 0 Å². The quantitative estimate of drug-likeness (QED) is 0.906. The lowest BCUT2D eigenvalue weighted by Gasteiger charge is -2.13. The van der Waals surface area contributed by atoms with E-state index >= 15 is 0 Å². The van der Waals surface area contributed by atoms with Crippen LogP contribution in [0.1, 0.15) is 16.5 Å². The monoisotopic (exact) mass is 306 g/mol. The number of thiophene rings is 1. The lowest BCUT2D eigenvalue weighted by molar-refractivity contribution is 1.02. The predicted octanol–water partition coefficient (Wildman–Crippen LogP) is 4.50. The highest BCUT2D eigenvalue weighted by Crippen LogP contribution is 2.28. The summed E-state index contributed by atoms with van der Waals surface area (Å²) in [6.07, 6.45) is 0. The van der Waals surface area contributed by atoms with Gasteiger partial charge in [0.2, 0.25) is 0 Å². The van der Waals surface area contributed by atoms with Crippen LogP contribution in [0.3, 0.4) is 0 Å². The maximum Gasteiger partial charge on any atom is 0.149 e. The maximum atomic E-state index is 9.22. The number of anilines is 1. The van der Waals surface area contributed by atoms with E-state index in [0.717, 1.165) is 20.6 Å². The number of hydrogen-bond donors (Lipinski definition) is 1. The number of hydrogen-bond acceptors (Lipinski definition) is 3. The first-order valence-electron chi connectivity index (χ1n) is 5.16. The van der Waals surface area contributed by atoms with E-state index < -0.39 is 0 Å². The summed E-state index contributed by atoms with van der Waals surface area (Å²) < 4.78 is 1.02. The van der Waals surface area contributed by atoms with Crippen LogP contribution in [0.25, 0.3) is 0 Å². The molecule has 0 saturated carbocycles. The third kappa shape index (κ3) is 2.87. The van der Waals surface area contributed by atoms with Crippen molar-refractivity contribution < 1.29 is 0 Å². The van der Waals surface area contributed by atoms with Crippen molar-refractivity contribution in [1.82, 2.24) is 0 Å². The Morgan fingerprint density at radius 2 is 2.18 bits per heavy atom. The van der Waals surface area contributed by atoms with Gasteiger partial charge in [0.1, 0.15) is 6.04 Å². The van der Waals surface area contributed by atoms with E-state index in [1.807, 2.05) is 42.6 Å². The van der Waals surface area contributed by atoms with Crippen molar-refractivity contribution >= 4 is 33.0 Å². The van der Waals surface area contributed by atoms with Crippen molar-refractivity contribution in [2.45, 2.75) is 13.0 Å². The molecule has 0 fully saturated rings. The Balaban J connectivity index is 2.22. The Hall–Kier alpha value is -1.31. The fourth-order valence-electron chi connectivity index (χ4n) is 1.54. The molecule has 0 aliphatic rings. The highest BCUT2D eigenvalue weighted by Gasteiger charge is 2.13. The molecule has 4 heteroatoms. The van der Waals surface area contributed by atoms with Gasteiger partial charge in [0.05, 0.1) is 6.07 Å². The normalized spacial score (nSPS) is 11.8. The minimum atomic E-state index is -0.299. The Morgan fingerprint density at radius 1 is 1.41 bits per heavy atom. The fraction of sp³-hybridized carbons (Fsp3) is 0.154. The number of para-hydroxylation sites is 1. The van der Waals surface area contributed by atoms with E-state index in [-0.39, 0.29) is 6.04 Å². The molecule has 0 bridgehead atoms. The summed E-state index contributed by atoms with van der Waals surface area (Å²) in [6, 6.07) is 11.9. The zero-order chi connectivity index (χ0) is 12.3. The largest absolute Gasteiger partial charge is 0.365 e. The van der Waals surface area contributed by atoms with Crippen molar-refractivity contribution in [2.75, 3.05) is 5.32 Å². The summed E-state index contributed by atoms with van der Waals surface area (Å²) >= 11 is 4.98. The number of nitriles is 1. The van der Waals surface area contributed by atoms with Crippen LogP contribution in [-0.4, -0.2) is 0 Å². The van der Waals surface area contributed by atoms with E-state index in [4.69, 9.17) is 0 Å². The Kier molecular flexibility index (Phi) is 3.82. The second-order valence-corrected chi connectivity index (χ2v) is 5.55. The second-order valence-electron chi connectivity index (χ2n) is 3.69. The van der Waals surface area contributed by atoms with Gasteiger partial charge in [0.15, 0.2) is 0 Å². The average molecular weight is 307 g/mol. The van der Waals surface area contributed by atoms with Crippen molar-refractivity contribution in [3.63, 3.8) is 0 Å². The van der Waals surface area contributed by atoms with E-state index in [9.17, 15) is 5.26 Å². The molecule has 1 unspecified atom stereocenters. The summed E-state index contributed by atoms with van der Waals surface area (Å²) in [4.78, 5) is 1.02. The van der Waals surface area contributed by atoms with Gasteiger partial charge in [-0.1, -0.05) is 18.2 Å². The Labute approximate surface area is 113 Å². The van der Waals surface area contributed by atoms with E-state index in [0.29, 0.717) is 0 Å². The molecule has 2 aromatic rings. The molecule has 17 heavy (non-hydrogen) atoms.